The molecule has 3 aromatic carbocycles. The lowest BCUT2D eigenvalue weighted by atomic mass is 9.70. The number of rotatable bonds is 6. The van der Waals surface area contributed by atoms with Crippen molar-refractivity contribution in [3.63, 3.8) is 0 Å². The van der Waals surface area contributed by atoms with Crippen LogP contribution in [0.4, 0.5) is 0 Å². The second kappa shape index (κ2) is 8.17. The monoisotopic (exact) mass is 402 g/mol. The first-order valence-electron chi connectivity index (χ1n) is 10.2. The number of benzene rings is 3. The van der Waals surface area contributed by atoms with Crippen LogP contribution in [-0.4, -0.2) is 11.2 Å². The molecule has 0 N–H and O–H groups in total. The molecule has 148 valence electrons. The van der Waals surface area contributed by atoms with E-state index in [4.69, 9.17) is 4.74 Å². The van der Waals surface area contributed by atoms with E-state index in [9.17, 15) is 4.79 Å². The van der Waals surface area contributed by atoms with Gasteiger partial charge in [-0.2, -0.15) is 0 Å². The molecule has 0 unspecified atom stereocenters. The van der Waals surface area contributed by atoms with Crippen molar-refractivity contribution in [1.82, 2.24) is 0 Å². The number of ether oxygens (including phenoxy) is 1. The highest BCUT2D eigenvalue weighted by Crippen LogP contribution is 2.55. The Morgan fingerprint density at radius 3 is 1.79 bits per heavy atom. The summed E-state index contributed by atoms with van der Waals surface area (Å²) >= 11 is 1.65. The van der Waals surface area contributed by atoms with Gasteiger partial charge in [-0.05, 0) is 36.1 Å². The van der Waals surface area contributed by atoms with E-state index in [-0.39, 0.29) is 11.2 Å². The predicted molar refractivity (Wildman–Crippen MR) is 119 cm³/mol. The summed E-state index contributed by atoms with van der Waals surface area (Å²) in [6.45, 7) is 4.15. The number of carbonyl (C=O) groups excluding carboxylic acids is 1. The highest BCUT2D eigenvalue weighted by molar-refractivity contribution is 8.00. The van der Waals surface area contributed by atoms with Gasteiger partial charge in [0.1, 0.15) is 5.44 Å². The third-order valence-corrected chi connectivity index (χ3v) is 7.31. The molecule has 1 fully saturated rings. The van der Waals surface area contributed by atoms with Gasteiger partial charge in [0, 0.05) is 4.90 Å². The Labute approximate surface area is 177 Å². The van der Waals surface area contributed by atoms with E-state index in [1.165, 1.54) is 0 Å². The fraction of sp³-hybridized carbons (Fsp3) is 0.269. The SMILES string of the molecule is CC[C@@]1(c2ccccc2)O[C@H](Sc2ccccc2)[C@@](CC)(c2ccccc2)C1=O. The van der Waals surface area contributed by atoms with Crippen LogP contribution in [0.5, 0.6) is 0 Å². The first-order valence-corrected chi connectivity index (χ1v) is 11.1. The van der Waals surface area contributed by atoms with E-state index in [0.717, 1.165) is 16.0 Å². The normalized spacial score (nSPS) is 26.6. The summed E-state index contributed by atoms with van der Waals surface area (Å²) in [5.41, 5.74) is 0.0438. The minimum atomic E-state index is -0.931. The van der Waals surface area contributed by atoms with E-state index >= 15 is 0 Å². The van der Waals surface area contributed by atoms with Gasteiger partial charge in [-0.3, -0.25) is 4.79 Å². The number of carbonyl (C=O) groups is 1. The number of ketones is 1. The van der Waals surface area contributed by atoms with Crippen LogP contribution >= 0.6 is 11.8 Å². The third-order valence-electron chi connectivity index (χ3n) is 6.05. The predicted octanol–water partition coefficient (Wildman–Crippen LogP) is 6.36. The van der Waals surface area contributed by atoms with Crippen molar-refractivity contribution in [3.8, 4) is 0 Å². The molecule has 0 bridgehead atoms. The van der Waals surface area contributed by atoms with Crippen LogP contribution in [0.15, 0.2) is 95.9 Å². The van der Waals surface area contributed by atoms with Gasteiger partial charge < -0.3 is 4.74 Å². The number of hydrogen-bond donors (Lipinski definition) is 0. The average Bonchev–Trinajstić information content (AvgIpc) is 3.04. The summed E-state index contributed by atoms with van der Waals surface area (Å²) < 4.78 is 6.78. The Hall–Kier alpha value is -2.36. The minimum Gasteiger partial charge on any atom is -0.347 e. The molecule has 29 heavy (non-hydrogen) atoms. The Kier molecular flexibility index (Phi) is 5.62. The van der Waals surface area contributed by atoms with Gasteiger partial charge in [0.25, 0.3) is 0 Å². The molecule has 0 aliphatic carbocycles. The molecule has 1 aliphatic heterocycles. The molecule has 3 heteroatoms. The van der Waals surface area contributed by atoms with E-state index in [1.54, 1.807) is 11.8 Å². The van der Waals surface area contributed by atoms with Crippen LogP contribution in [0.2, 0.25) is 0 Å². The topological polar surface area (TPSA) is 26.3 Å². The molecular weight excluding hydrogens is 376 g/mol. The van der Waals surface area contributed by atoms with Crippen LogP contribution in [0, 0.1) is 0 Å². The van der Waals surface area contributed by atoms with Crippen LogP contribution in [0.3, 0.4) is 0 Å². The molecule has 0 spiro atoms. The minimum absolute atomic E-state index is 0.167. The van der Waals surface area contributed by atoms with Crippen molar-refractivity contribution in [2.75, 3.05) is 0 Å². The lowest BCUT2D eigenvalue weighted by molar-refractivity contribution is -0.135. The molecule has 1 heterocycles. The summed E-state index contributed by atoms with van der Waals surface area (Å²) in [7, 11) is 0. The fourth-order valence-electron chi connectivity index (χ4n) is 4.44. The largest absolute Gasteiger partial charge is 0.347 e. The van der Waals surface area contributed by atoms with Crippen LogP contribution < -0.4 is 0 Å². The van der Waals surface area contributed by atoms with Crippen LogP contribution in [0.1, 0.15) is 37.8 Å². The third kappa shape index (κ3) is 3.23. The summed E-state index contributed by atoms with van der Waals surface area (Å²) in [6.07, 6.45) is 1.30. The van der Waals surface area contributed by atoms with Crippen LogP contribution in [-0.2, 0) is 20.5 Å². The van der Waals surface area contributed by atoms with Crippen molar-refractivity contribution < 1.29 is 9.53 Å². The van der Waals surface area contributed by atoms with Gasteiger partial charge in [0.05, 0.1) is 5.41 Å². The molecule has 3 atom stereocenters. The van der Waals surface area contributed by atoms with Gasteiger partial charge in [0.2, 0.25) is 0 Å². The molecule has 1 aliphatic rings. The first kappa shape index (κ1) is 19.9. The van der Waals surface area contributed by atoms with E-state index in [0.29, 0.717) is 12.8 Å². The smallest absolute Gasteiger partial charge is 0.183 e. The van der Waals surface area contributed by atoms with Gasteiger partial charge in [-0.15, -0.1) is 0 Å². The van der Waals surface area contributed by atoms with Crippen molar-refractivity contribution in [1.29, 1.82) is 0 Å². The van der Waals surface area contributed by atoms with E-state index in [1.807, 2.05) is 73.7 Å². The zero-order valence-electron chi connectivity index (χ0n) is 16.9. The summed E-state index contributed by atoms with van der Waals surface area (Å²) in [6, 6.07) is 30.4. The first-order chi connectivity index (χ1) is 14.2. The van der Waals surface area contributed by atoms with Gasteiger partial charge >= 0.3 is 0 Å². The zero-order valence-corrected chi connectivity index (χ0v) is 17.7. The second-order valence-corrected chi connectivity index (χ2v) is 8.58. The van der Waals surface area contributed by atoms with E-state index in [2.05, 4.69) is 31.2 Å². The molecule has 4 rings (SSSR count). The maximum absolute atomic E-state index is 14.3. The zero-order chi connectivity index (χ0) is 20.3. The molecular formula is C26H26O2S. The number of Topliss-reactive ketones (excluding diaryl/α,β-unsaturated/α-hetero) is 1. The Morgan fingerprint density at radius 1 is 0.759 bits per heavy atom. The summed E-state index contributed by atoms with van der Waals surface area (Å²) in [5.74, 6) is 0.167. The van der Waals surface area contributed by atoms with Crippen molar-refractivity contribution in [3.05, 3.63) is 102 Å². The lowest BCUT2D eigenvalue weighted by Gasteiger charge is -2.32. The lowest BCUT2D eigenvalue weighted by Crippen LogP contribution is -2.43. The van der Waals surface area contributed by atoms with Crippen LogP contribution in [0.25, 0.3) is 0 Å². The fourth-order valence-corrected chi connectivity index (χ4v) is 5.82. The Morgan fingerprint density at radius 2 is 1.28 bits per heavy atom. The molecule has 0 amide bonds. The molecule has 2 nitrogen and oxygen atoms in total. The Balaban J connectivity index is 1.88. The standard InChI is InChI=1S/C26H26O2S/c1-3-25(20-14-8-5-9-15-20)23(27)26(4-2,21-16-10-6-11-17-21)28-24(25)29-22-18-12-7-13-19-22/h5-19,24H,3-4H2,1-2H3/t24-,25+,26+/m1/s1. The summed E-state index contributed by atoms with van der Waals surface area (Å²) in [5, 5.41) is 0. The molecule has 3 aromatic rings. The second-order valence-electron chi connectivity index (χ2n) is 7.45. The number of hydrogen-bond acceptors (Lipinski definition) is 3. The molecule has 0 radical (unpaired) electrons. The Bertz CT molecular complexity index is 958. The summed E-state index contributed by atoms with van der Waals surface area (Å²) in [4.78, 5) is 15.4. The number of thioether (sulfide) groups is 1. The van der Waals surface area contributed by atoms with Crippen molar-refractivity contribution in [2.45, 2.75) is 48.0 Å². The maximum atomic E-state index is 14.3. The maximum Gasteiger partial charge on any atom is 0.183 e. The molecule has 0 aromatic heterocycles. The average molecular weight is 403 g/mol. The van der Waals surface area contributed by atoms with Gasteiger partial charge in [-0.25, -0.2) is 0 Å². The quantitative estimate of drug-likeness (QED) is 0.480. The highest BCUT2D eigenvalue weighted by Gasteiger charge is 2.63. The van der Waals surface area contributed by atoms with E-state index < -0.39 is 11.0 Å². The van der Waals surface area contributed by atoms with Crippen molar-refractivity contribution >= 4 is 17.5 Å². The molecule has 0 saturated carbocycles. The van der Waals surface area contributed by atoms with Gasteiger partial charge in [0.15, 0.2) is 11.4 Å². The highest BCUT2D eigenvalue weighted by atomic mass is 32.2. The van der Waals surface area contributed by atoms with Crippen molar-refractivity contribution in [2.24, 2.45) is 0 Å². The van der Waals surface area contributed by atoms with Gasteiger partial charge in [-0.1, -0.05) is 104 Å². The molecule has 1 saturated heterocycles.